The predicted octanol–water partition coefficient (Wildman–Crippen LogP) is -1.95. The number of amides is 1. The molecule has 6 nitrogen and oxygen atoms in total. The van der Waals surface area contributed by atoms with Crippen molar-refractivity contribution in [3.63, 3.8) is 0 Å². The molecule has 1 fully saturated rings. The van der Waals surface area contributed by atoms with Gasteiger partial charge in [0, 0.05) is 39.3 Å². The first kappa shape index (κ1) is 15.3. The molecule has 16 heavy (non-hydrogen) atoms. The van der Waals surface area contributed by atoms with Crippen molar-refractivity contribution in [2.75, 3.05) is 52.9 Å². The monoisotopic (exact) mass is 232 g/mol. The summed E-state index contributed by atoms with van der Waals surface area (Å²) >= 11 is 0. The molecule has 0 aromatic carbocycles. The first-order valence-corrected chi connectivity index (χ1v) is 5.66. The Morgan fingerprint density at radius 2 is 1.81 bits per heavy atom. The second-order valence-electron chi connectivity index (χ2n) is 3.50. The lowest BCUT2D eigenvalue weighted by molar-refractivity contribution is -0.131. The molecule has 5 N–H and O–H groups in total. The van der Waals surface area contributed by atoms with E-state index in [4.69, 9.17) is 10.8 Å². The number of nitrogens with two attached hydrogens (primary N) is 2. The van der Waals surface area contributed by atoms with Crippen molar-refractivity contribution in [2.24, 2.45) is 11.5 Å². The molecular formula is C10H24N4O2. The van der Waals surface area contributed by atoms with Crippen LogP contribution in [0.1, 0.15) is 6.42 Å². The average Bonchev–Trinajstić information content (AvgIpc) is 2.38. The fourth-order valence-corrected chi connectivity index (χ4v) is 1.64. The Labute approximate surface area is 97.2 Å². The minimum Gasteiger partial charge on any atom is -0.396 e. The summed E-state index contributed by atoms with van der Waals surface area (Å²) in [6, 6.07) is 0. The van der Waals surface area contributed by atoms with Crippen molar-refractivity contribution in [1.29, 1.82) is 0 Å². The summed E-state index contributed by atoms with van der Waals surface area (Å²) in [6.45, 7) is 4.58. The van der Waals surface area contributed by atoms with E-state index in [0.717, 1.165) is 39.1 Å². The number of aliphatic hydroxyl groups is 1. The van der Waals surface area contributed by atoms with Crippen LogP contribution < -0.4 is 11.5 Å². The van der Waals surface area contributed by atoms with E-state index in [1.807, 2.05) is 0 Å². The summed E-state index contributed by atoms with van der Waals surface area (Å²) in [7, 11) is 1.50. The van der Waals surface area contributed by atoms with E-state index >= 15 is 0 Å². The number of aliphatic hydroxyl groups excluding tert-OH is 1. The van der Waals surface area contributed by atoms with Crippen LogP contribution in [0.2, 0.25) is 0 Å². The number of nitrogens with zero attached hydrogens (tertiary/aromatic N) is 2. The Morgan fingerprint density at radius 3 is 2.25 bits per heavy atom. The predicted molar refractivity (Wildman–Crippen MR) is 63.9 cm³/mol. The van der Waals surface area contributed by atoms with E-state index in [9.17, 15) is 4.79 Å². The third kappa shape index (κ3) is 5.41. The van der Waals surface area contributed by atoms with E-state index in [2.05, 4.69) is 10.6 Å². The van der Waals surface area contributed by atoms with Gasteiger partial charge in [-0.1, -0.05) is 0 Å². The summed E-state index contributed by atoms with van der Waals surface area (Å²) in [5, 5.41) is 8.67. The van der Waals surface area contributed by atoms with Gasteiger partial charge in [-0.3, -0.25) is 9.69 Å². The molecule has 0 aliphatic carbocycles. The van der Waals surface area contributed by atoms with Crippen molar-refractivity contribution in [3.8, 4) is 0 Å². The van der Waals surface area contributed by atoms with Crippen molar-refractivity contribution in [1.82, 2.24) is 9.80 Å². The van der Waals surface area contributed by atoms with Crippen LogP contribution in [0.5, 0.6) is 0 Å². The van der Waals surface area contributed by atoms with Crippen LogP contribution in [0.4, 0.5) is 0 Å². The molecule has 0 aromatic heterocycles. The van der Waals surface area contributed by atoms with E-state index < -0.39 is 0 Å². The van der Waals surface area contributed by atoms with Gasteiger partial charge in [0.2, 0.25) is 5.91 Å². The highest BCUT2D eigenvalue weighted by atomic mass is 16.3. The lowest BCUT2D eigenvalue weighted by Gasteiger charge is -2.34. The van der Waals surface area contributed by atoms with Gasteiger partial charge in [-0.25, -0.2) is 0 Å². The molecule has 0 saturated carbocycles. The average molecular weight is 232 g/mol. The highest BCUT2D eigenvalue weighted by Gasteiger charge is 2.19. The maximum Gasteiger partial charge on any atom is 0.236 e. The van der Waals surface area contributed by atoms with Crippen molar-refractivity contribution in [2.45, 2.75) is 6.42 Å². The van der Waals surface area contributed by atoms with Crippen LogP contribution in [0, 0.1) is 0 Å². The van der Waals surface area contributed by atoms with Gasteiger partial charge in [0.1, 0.15) is 0 Å². The van der Waals surface area contributed by atoms with Gasteiger partial charge in [-0.05, 0) is 13.5 Å². The van der Waals surface area contributed by atoms with E-state index in [1.165, 1.54) is 7.05 Å². The fourth-order valence-electron chi connectivity index (χ4n) is 1.64. The summed E-state index contributed by atoms with van der Waals surface area (Å²) in [5.41, 5.74) is 9.78. The number of piperazine rings is 1. The molecule has 0 radical (unpaired) electrons. The summed E-state index contributed by atoms with van der Waals surface area (Å²) in [5.74, 6) is 0.0341. The summed E-state index contributed by atoms with van der Waals surface area (Å²) < 4.78 is 0. The molecule has 0 aromatic rings. The van der Waals surface area contributed by atoms with E-state index in [-0.39, 0.29) is 19.1 Å². The second kappa shape index (κ2) is 9.53. The van der Waals surface area contributed by atoms with Gasteiger partial charge in [0.25, 0.3) is 0 Å². The molecule has 1 saturated heterocycles. The van der Waals surface area contributed by atoms with Gasteiger partial charge < -0.3 is 21.5 Å². The Kier molecular flexibility index (Phi) is 9.12. The van der Waals surface area contributed by atoms with Gasteiger partial charge in [-0.2, -0.15) is 0 Å². The van der Waals surface area contributed by atoms with Crippen LogP contribution in [0.15, 0.2) is 0 Å². The molecule has 0 bridgehead atoms. The Balaban J connectivity index is 0.00000106. The molecule has 0 unspecified atom stereocenters. The number of rotatable bonds is 4. The lowest BCUT2D eigenvalue weighted by atomic mass is 10.3. The third-order valence-electron chi connectivity index (χ3n) is 2.53. The Hall–Kier alpha value is -0.690. The largest absolute Gasteiger partial charge is 0.396 e. The molecular weight excluding hydrogens is 208 g/mol. The molecule has 1 amide bonds. The zero-order valence-corrected chi connectivity index (χ0v) is 10.1. The Morgan fingerprint density at radius 1 is 1.25 bits per heavy atom. The SMILES string of the molecule is CN.NCC(=O)N1CCN(CCCO)CC1. The van der Waals surface area contributed by atoms with Gasteiger partial charge in [0.15, 0.2) is 0 Å². The van der Waals surface area contributed by atoms with Crippen LogP contribution in [0.3, 0.4) is 0 Å². The number of carbonyl (C=O) groups is 1. The van der Waals surface area contributed by atoms with E-state index in [0.29, 0.717) is 0 Å². The lowest BCUT2D eigenvalue weighted by Crippen LogP contribution is -2.50. The summed E-state index contributed by atoms with van der Waals surface area (Å²) in [4.78, 5) is 15.3. The van der Waals surface area contributed by atoms with E-state index in [1.54, 1.807) is 4.90 Å². The van der Waals surface area contributed by atoms with Crippen molar-refractivity contribution in [3.05, 3.63) is 0 Å². The normalized spacial score (nSPS) is 16.6. The third-order valence-corrected chi connectivity index (χ3v) is 2.53. The fraction of sp³-hybridized carbons (Fsp3) is 0.900. The Bertz CT molecular complexity index is 182. The molecule has 96 valence electrons. The van der Waals surface area contributed by atoms with Crippen LogP contribution in [0.25, 0.3) is 0 Å². The first-order valence-electron chi connectivity index (χ1n) is 5.66. The minimum atomic E-state index is 0.0341. The minimum absolute atomic E-state index is 0.0341. The topological polar surface area (TPSA) is 95.8 Å². The number of carbonyl (C=O) groups excluding carboxylic acids is 1. The molecule has 6 heteroatoms. The maximum absolute atomic E-state index is 11.2. The molecule has 1 rings (SSSR count). The number of hydrogen-bond donors (Lipinski definition) is 3. The van der Waals surface area contributed by atoms with Crippen LogP contribution >= 0.6 is 0 Å². The molecule has 0 spiro atoms. The van der Waals surface area contributed by atoms with Crippen LogP contribution in [-0.4, -0.2) is 73.7 Å². The maximum atomic E-state index is 11.2. The zero-order valence-electron chi connectivity index (χ0n) is 10.1. The first-order chi connectivity index (χ1) is 7.77. The second-order valence-corrected chi connectivity index (χ2v) is 3.50. The smallest absolute Gasteiger partial charge is 0.236 e. The van der Waals surface area contributed by atoms with Crippen molar-refractivity contribution >= 4 is 5.91 Å². The summed E-state index contributed by atoms with van der Waals surface area (Å²) in [6.07, 6.45) is 0.810. The quantitative estimate of drug-likeness (QED) is 0.523. The number of hydrogen-bond acceptors (Lipinski definition) is 5. The van der Waals surface area contributed by atoms with Crippen molar-refractivity contribution < 1.29 is 9.90 Å². The molecule has 1 aliphatic rings. The zero-order chi connectivity index (χ0) is 12.4. The van der Waals surface area contributed by atoms with Gasteiger partial charge >= 0.3 is 0 Å². The molecule has 1 heterocycles. The molecule has 1 aliphatic heterocycles. The standard InChI is InChI=1S/C9H19N3O2.CH5N/c10-8-9(14)12-5-3-11(4-6-12)2-1-7-13;1-2/h13H,1-8,10H2;2H2,1H3. The van der Waals surface area contributed by atoms with Gasteiger partial charge in [0.05, 0.1) is 6.54 Å². The highest BCUT2D eigenvalue weighted by Crippen LogP contribution is 2.02. The molecule has 0 atom stereocenters. The van der Waals surface area contributed by atoms with Gasteiger partial charge in [-0.15, -0.1) is 0 Å². The van der Waals surface area contributed by atoms with Crippen LogP contribution in [-0.2, 0) is 4.79 Å². The highest BCUT2D eigenvalue weighted by molar-refractivity contribution is 5.78.